The molecule has 1 fully saturated rings. The van der Waals surface area contributed by atoms with Crippen LogP contribution in [0.15, 0.2) is 23.8 Å². The zero-order chi connectivity index (χ0) is 15.7. The van der Waals surface area contributed by atoms with E-state index in [1.807, 2.05) is 39.8 Å². The molecule has 1 aliphatic heterocycles. The van der Waals surface area contributed by atoms with E-state index in [9.17, 15) is 5.11 Å². The summed E-state index contributed by atoms with van der Waals surface area (Å²) < 4.78 is 12.0. The Labute approximate surface area is 126 Å². The predicted molar refractivity (Wildman–Crippen MR) is 83.3 cm³/mol. The Balaban J connectivity index is 2.26. The minimum atomic E-state index is -0.473. The molecule has 0 amide bonds. The van der Waals surface area contributed by atoms with E-state index >= 15 is 0 Å². The van der Waals surface area contributed by atoms with Crippen LogP contribution in [0.25, 0.3) is 6.08 Å². The molecule has 5 nitrogen and oxygen atoms in total. The third-order valence-corrected chi connectivity index (χ3v) is 4.15. The second-order valence-electron chi connectivity index (χ2n) is 6.26. The molecule has 1 aromatic rings. The summed E-state index contributed by atoms with van der Waals surface area (Å²) in [5, 5.41) is 9.18. The van der Waals surface area contributed by atoms with Gasteiger partial charge in [-0.15, -0.1) is 0 Å². The van der Waals surface area contributed by atoms with Gasteiger partial charge in [-0.1, -0.05) is 0 Å². The lowest BCUT2D eigenvalue weighted by Gasteiger charge is -2.32. The Morgan fingerprint density at radius 3 is 2.48 bits per heavy atom. The number of aliphatic hydroxyl groups excluding tert-OH is 1. The molecule has 0 bridgehead atoms. The van der Waals surface area contributed by atoms with Crippen molar-refractivity contribution in [2.75, 3.05) is 6.54 Å². The van der Waals surface area contributed by atoms with Gasteiger partial charge in [-0.25, -0.2) is 0 Å². The zero-order valence-corrected chi connectivity index (χ0v) is 13.1. The topological polar surface area (TPSA) is 77.6 Å². The number of nitrogens with zero attached hydrogens (tertiary/aromatic N) is 1. The molecule has 2 heterocycles. The first-order chi connectivity index (χ1) is 9.79. The molecule has 0 atom stereocenters. The van der Waals surface area contributed by atoms with Crippen LogP contribution in [0.4, 0.5) is 0 Å². The Hall–Kier alpha value is -1.21. The molecular weight excluding hydrogens is 267 g/mol. The van der Waals surface area contributed by atoms with Crippen LogP contribution in [0.3, 0.4) is 0 Å². The molecule has 1 aromatic heterocycles. The average molecular weight is 290 g/mol. The number of aromatic nitrogens is 1. The predicted octanol–water partition coefficient (Wildman–Crippen LogP) is 1.55. The highest BCUT2D eigenvalue weighted by atomic mass is 16.7. The molecule has 0 saturated carbocycles. The molecule has 1 aliphatic rings. The van der Waals surface area contributed by atoms with Gasteiger partial charge in [0.25, 0.3) is 0 Å². The molecule has 0 unspecified atom stereocenters. The van der Waals surface area contributed by atoms with Gasteiger partial charge in [0, 0.05) is 12.7 Å². The van der Waals surface area contributed by atoms with E-state index in [-0.39, 0.29) is 6.61 Å². The van der Waals surface area contributed by atoms with Gasteiger partial charge in [0.2, 0.25) is 0 Å². The van der Waals surface area contributed by atoms with Crippen molar-refractivity contribution in [3.63, 3.8) is 0 Å². The van der Waals surface area contributed by atoms with E-state index in [1.54, 1.807) is 12.3 Å². The smallest absolute Gasteiger partial charge is 0.400 e. The summed E-state index contributed by atoms with van der Waals surface area (Å²) in [4.78, 5) is 4.27. The van der Waals surface area contributed by atoms with Crippen LogP contribution in [0, 0.1) is 0 Å². The minimum absolute atomic E-state index is 0.0161. The average Bonchev–Trinajstić information content (AvgIpc) is 2.65. The van der Waals surface area contributed by atoms with E-state index < -0.39 is 18.3 Å². The fourth-order valence-corrected chi connectivity index (χ4v) is 2.08. The molecule has 6 heteroatoms. The Morgan fingerprint density at radius 1 is 1.33 bits per heavy atom. The van der Waals surface area contributed by atoms with Gasteiger partial charge in [-0.2, -0.15) is 0 Å². The number of hydrogen-bond acceptors (Lipinski definition) is 5. The summed E-state index contributed by atoms with van der Waals surface area (Å²) in [6.45, 7) is 8.33. The molecule has 21 heavy (non-hydrogen) atoms. The number of nitrogens with two attached hydrogens (primary N) is 1. The molecule has 0 radical (unpaired) electrons. The molecule has 0 spiro atoms. The first kappa shape index (κ1) is 16.2. The van der Waals surface area contributed by atoms with Crippen LogP contribution in [0.1, 0.15) is 39.0 Å². The number of pyridine rings is 1. The lowest BCUT2D eigenvalue weighted by Crippen LogP contribution is -2.41. The lowest BCUT2D eigenvalue weighted by molar-refractivity contribution is 0.00578. The van der Waals surface area contributed by atoms with Crippen LogP contribution >= 0.6 is 0 Å². The minimum Gasteiger partial charge on any atom is -0.400 e. The molecule has 0 aromatic carbocycles. The molecular formula is C15H23BN2O3. The van der Waals surface area contributed by atoms with Crippen LogP contribution in [0.2, 0.25) is 0 Å². The second-order valence-corrected chi connectivity index (χ2v) is 6.26. The number of aliphatic hydroxyl groups is 1. The highest BCUT2D eigenvalue weighted by Crippen LogP contribution is 2.38. The SMILES string of the molecule is CC1(C)OB(C(=Cc2cc(CO)ccn2)CN)OC1(C)C. The summed E-state index contributed by atoms with van der Waals surface area (Å²) in [7, 11) is -0.473. The van der Waals surface area contributed by atoms with Crippen LogP contribution in [0.5, 0.6) is 0 Å². The third kappa shape index (κ3) is 3.35. The van der Waals surface area contributed by atoms with Crippen molar-refractivity contribution in [3.8, 4) is 0 Å². The van der Waals surface area contributed by atoms with Crippen molar-refractivity contribution in [1.29, 1.82) is 0 Å². The fourth-order valence-electron chi connectivity index (χ4n) is 2.08. The van der Waals surface area contributed by atoms with E-state index in [1.165, 1.54) is 0 Å². The standard InChI is InChI=1S/C15H23BN2O3/c1-14(2)15(3,4)21-16(20-14)12(9-17)8-13-7-11(10-19)5-6-18-13/h5-8,19H,9-10,17H2,1-4H3. The van der Waals surface area contributed by atoms with Crippen LogP contribution < -0.4 is 5.73 Å². The van der Waals surface area contributed by atoms with Gasteiger partial charge in [0.05, 0.1) is 23.5 Å². The maximum Gasteiger partial charge on any atom is 0.491 e. The Morgan fingerprint density at radius 2 is 1.95 bits per heavy atom. The van der Waals surface area contributed by atoms with Crippen molar-refractivity contribution < 1.29 is 14.4 Å². The first-order valence-corrected chi connectivity index (χ1v) is 7.11. The largest absolute Gasteiger partial charge is 0.491 e. The summed E-state index contributed by atoms with van der Waals surface area (Å²) in [5.41, 5.74) is 7.42. The van der Waals surface area contributed by atoms with Crippen molar-refractivity contribution in [3.05, 3.63) is 35.1 Å². The maximum absolute atomic E-state index is 9.18. The quantitative estimate of drug-likeness (QED) is 0.823. The normalized spacial score (nSPS) is 20.9. The molecule has 114 valence electrons. The molecule has 2 rings (SSSR count). The summed E-state index contributed by atoms with van der Waals surface area (Å²) in [6.07, 6.45) is 3.52. The van der Waals surface area contributed by atoms with E-state index in [0.717, 1.165) is 16.7 Å². The summed E-state index contributed by atoms with van der Waals surface area (Å²) >= 11 is 0. The number of rotatable bonds is 4. The summed E-state index contributed by atoms with van der Waals surface area (Å²) in [6, 6.07) is 3.59. The van der Waals surface area contributed by atoms with Gasteiger partial charge < -0.3 is 20.1 Å². The van der Waals surface area contributed by atoms with Gasteiger partial charge in [-0.05, 0) is 56.9 Å². The highest BCUT2D eigenvalue weighted by molar-refractivity contribution is 6.55. The van der Waals surface area contributed by atoms with Crippen LogP contribution in [-0.2, 0) is 15.9 Å². The Bertz CT molecular complexity index is 527. The van der Waals surface area contributed by atoms with E-state index in [2.05, 4.69) is 4.98 Å². The highest BCUT2D eigenvalue weighted by Gasteiger charge is 2.52. The molecule has 3 N–H and O–H groups in total. The lowest BCUT2D eigenvalue weighted by atomic mass is 9.77. The van der Waals surface area contributed by atoms with Crippen LogP contribution in [-0.4, -0.2) is 35.0 Å². The monoisotopic (exact) mass is 290 g/mol. The van der Waals surface area contributed by atoms with E-state index in [0.29, 0.717) is 6.54 Å². The van der Waals surface area contributed by atoms with Crippen molar-refractivity contribution in [2.45, 2.75) is 45.5 Å². The van der Waals surface area contributed by atoms with Gasteiger partial charge in [-0.3, -0.25) is 4.98 Å². The Kier molecular flexibility index (Phi) is 4.53. The first-order valence-electron chi connectivity index (χ1n) is 7.11. The molecule has 0 aliphatic carbocycles. The second kappa shape index (κ2) is 5.89. The number of hydrogen-bond donors (Lipinski definition) is 2. The van der Waals surface area contributed by atoms with Crippen molar-refractivity contribution >= 4 is 13.2 Å². The maximum atomic E-state index is 9.18. The van der Waals surface area contributed by atoms with Crippen molar-refractivity contribution in [1.82, 2.24) is 4.98 Å². The third-order valence-electron chi connectivity index (χ3n) is 4.15. The summed E-state index contributed by atoms with van der Waals surface area (Å²) in [5.74, 6) is 0. The van der Waals surface area contributed by atoms with Gasteiger partial charge in [0.1, 0.15) is 0 Å². The van der Waals surface area contributed by atoms with E-state index in [4.69, 9.17) is 15.0 Å². The molecule has 1 saturated heterocycles. The van der Waals surface area contributed by atoms with Crippen molar-refractivity contribution in [2.24, 2.45) is 5.73 Å². The fraction of sp³-hybridized carbons (Fsp3) is 0.533. The van der Waals surface area contributed by atoms with Gasteiger partial charge >= 0.3 is 7.12 Å². The zero-order valence-electron chi connectivity index (χ0n) is 13.1. The van der Waals surface area contributed by atoms with Gasteiger partial charge in [0.15, 0.2) is 0 Å².